The van der Waals surface area contributed by atoms with Crippen LogP contribution in [0.4, 0.5) is 13.2 Å². The van der Waals surface area contributed by atoms with Gasteiger partial charge in [0, 0.05) is 24.2 Å². The smallest absolute Gasteiger partial charge is 0.413 e. The number of halogens is 3. The van der Waals surface area contributed by atoms with Crippen molar-refractivity contribution < 1.29 is 27.9 Å². The van der Waals surface area contributed by atoms with Gasteiger partial charge in [-0.3, -0.25) is 14.3 Å². The Morgan fingerprint density at radius 3 is 2.12 bits per heavy atom. The van der Waals surface area contributed by atoms with Gasteiger partial charge < -0.3 is 10.4 Å². The molecule has 0 saturated heterocycles. The van der Waals surface area contributed by atoms with E-state index in [2.05, 4.69) is 10.4 Å². The largest absolute Gasteiger partial charge is 0.481 e. The normalized spacial score (nSPS) is 22.5. The molecule has 2 rings (SSSR count). The maximum atomic E-state index is 13.5. The summed E-state index contributed by atoms with van der Waals surface area (Å²) in [5.74, 6) is -2.73. The molecule has 1 heterocycles. The zero-order chi connectivity index (χ0) is 18.9. The molecule has 140 valence electrons. The molecular formula is C16H22F3N3O3. The minimum Gasteiger partial charge on any atom is -0.481 e. The first-order chi connectivity index (χ1) is 11.5. The molecule has 1 saturated carbocycles. The second kappa shape index (κ2) is 7.05. The molecule has 2 N–H and O–H groups in total. The minimum absolute atomic E-state index is 0.0393. The number of nitrogens with zero attached hydrogens (tertiary/aromatic N) is 2. The standard InChI is InChI=1S/C16H22F3N3O3/c1-8-12(9(2)22(3)21-8)13(16(17,18)19)20-14(23)10-4-6-11(7-5-10)15(24)25/h10-11,13H,4-7H2,1-3H3,(H,20,23)(H,24,25). The van der Waals surface area contributed by atoms with Crippen molar-refractivity contribution >= 4 is 11.9 Å². The summed E-state index contributed by atoms with van der Waals surface area (Å²) in [7, 11) is 1.55. The van der Waals surface area contributed by atoms with Crippen molar-refractivity contribution in [3.63, 3.8) is 0 Å². The van der Waals surface area contributed by atoms with Gasteiger partial charge in [-0.05, 0) is 39.5 Å². The highest BCUT2D eigenvalue weighted by molar-refractivity contribution is 5.80. The lowest BCUT2D eigenvalue weighted by Gasteiger charge is -2.28. The van der Waals surface area contributed by atoms with Crippen LogP contribution in [0, 0.1) is 25.7 Å². The van der Waals surface area contributed by atoms with Gasteiger partial charge in [-0.25, -0.2) is 0 Å². The number of carboxylic acids is 1. The lowest BCUT2D eigenvalue weighted by atomic mass is 9.81. The van der Waals surface area contributed by atoms with Crippen LogP contribution in [-0.2, 0) is 16.6 Å². The summed E-state index contributed by atoms with van der Waals surface area (Å²) in [6.45, 7) is 3.00. The first-order valence-corrected chi connectivity index (χ1v) is 8.12. The summed E-state index contributed by atoms with van der Waals surface area (Å²) in [5.41, 5.74) is 0.523. The molecule has 1 atom stereocenters. The molecule has 6 nitrogen and oxygen atoms in total. The fourth-order valence-corrected chi connectivity index (χ4v) is 3.39. The van der Waals surface area contributed by atoms with E-state index in [9.17, 15) is 22.8 Å². The molecular weight excluding hydrogens is 339 g/mol. The van der Waals surface area contributed by atoms with Crippen LogP contribution >= 0.6 is 0 Å². The van der Waals surface area contributed by atoms with Crippen molar-refractivity contribution in [2.75, 3.05) is 0 Å². The van der Waals surface area contributed by atoms with Crippen molar-refractivity contribution in [2.24, 2.45) is 18.9 Å². The number of carboxylic acid groups (broad SMARTS) is 1. The van der Waals surface area contributed by atoms with E-state index in [1.54, 1.807) is 7.05 Å². The van der Waals surface area contributed by atoms with Crippen LogP contribution in [0.15, 0.2) is 0 Å². The molecule has 0 bridgehead atoms. The fourth-order valence-electron chi connectivity index (χ4n) is 3.39. The second-order valence-electron chi connectivity index (χ2n) is 6.58. The van der Waals surface area contributed by atoms with Crippen LogP contribution < -0.4 is 5.32 Å². The van der Waals surface area contributed by atoms with Crippen molar-refractivity contribution in [2.45, 2.75) is 51.7 Å². The van der Waals surface area contributed by atoms with Crippen molar-refractivity contribution in [3.8, 4) is 0 Å². The molecule has 0 radical (unpaired) electrons. The zero-order valence-corrected chi connectivity index (χ0v) is 14.4. The van der Waals surface area contributed by atoms with E-state index >= 15 is 0 Å². The Balaban J connectivity index is 2.16. The van der Waals surface area contributed by atoms with Gasteiger partial charge in [0.15, 0.2) is 6.04 Å². The van der Waals surface area contributed by atoms with Gasteiger partial charge in [0.2, 0.25) is 5.91 Å². The summed E-state index contributed by atoms with van der Waals surface area (Å²) < 4.78 is 42.0. The molecule has 9 heteroatoms. The molecule has 0 spiro atoms. The van der Waals surface area contributed by atoms with Crippen LogP contribution in [0.5, 0.6) is 0 Å². The van der Waals surface area contributed by atoms with E-state index in [4.69, 9.17) is 5.11 Å². The fraction of sp³-hybridized carbons (Fsp3) is 0.688. The number of aliphatic carboxylic acids is 1. The number of aromatic nitrogens is 2. The first kappa shape index (κ1) is 19.3. The van der Waals surface area contributed by atoms with Crippen LogP contribution in [-0.4, -0.2) is 32.9 Å². The molecule has 25 heavy (non-hydrogen) atoms. The van der Waals surface area contributed by atoms with Gasteiger partial charge >= 0.3 is 12.1 Å². The van der Waals surface area contributed by atoms with Crippen molar-refractivity contribution in [1.82, 2.24) is 15.1 Å². The van der Waals surface area contributed by atoms with Crippen molar-refractivity contribution in [3.05, 3.63) is 17.0 Å². The molecule has 1 aromatic heterocycles. The number of carbonyl (C=O) groups excluding carboxylic acids is 1. The monoisotopic (exact) mass is 361 g/mol. The molecule has 1 aliphatic rings. The lowest BCUT2D eigenvalue weighted by molar-refractivity contribution is -0.165. The molecule has 1 unspecified atom stereocenters. The second-order valence-corrected chi connectivity index (χ2v) is 6.58. The third-order valence-electron chi connectivity index (χ3n) is 4.91. The third kappa shape index (κ3) is 4.13. The summed E-state index contributed by atoms with van der Waals surface area (Å²) in [6, 6.07) is -2.12. The lowest BCUT2D eigenvalue weighted by Crippen LogP contribution is -2.42. The molecule has 1 fully saturated rings. The van der Waals surface area contributed by atoms with Gasteiger partial charge in [-0.2, -0.15) is 18.3 Å². The molecule has 1 aromatic rings. The van der Waals surface area contributed by atoms with Crippen LogP contribution in [0.1, 0.15) is 48.7 Å². The number of nitrogens with one attached hydrogen (secondary N) is 1. The maximum absolute atomic E-state index is 13.5. The molecule has 1 aliphatic carbocycles. The van der Waals surface area contributed by atoms with Gasteiger partial charge in [0.05, 0.1) is 11.6 Å². The van der Waals surface area contributed by atoms with Crippen LogP contribution in [0.25, 0.3) is 0 Å². The number of carbonyl (C=O) groups is 2. The topological polar surface area (TPSA) is 84.2 Å². The first-order valence-electron chi connectivity index (χ1n) is 8.12. The van der Waals surface area contributed by atoms with Gasteiger partial charge in [-0.1, -0.05) is 0 Å². The summed E-state index contributed by atoms with van der Waals surface area (Å²) in [4.78, 5) is 23.3. The summed E-state index contributed by atoms with van der Waals surface area (Å²) in [6.07, 6.45) is -3.49. The predicted molar refractivity (Wildman–Crippen MR) is 82.7 cm³/mol. The van der Waals surface area contributed by atoms with E-state index in [1.165, 1.54) is 18.5 Å². The van der Waals surface area contributed by atoms with E-state index in [0.717, 1.165) is 0 Å². The Morgan fingerprint density at radius 2 is 1.72 bits per heavy atom. The number of alkyl halides is 3. The average molecular weight is 361 g/mol. The Labute approximate surface area is 143 Å². The Kier molecular flexibility index (Phi) is 5.43. The van der Waals surface area contributed by atoms with Gasteiger partial charge in [-0.15, -0.1) is 0 Å². The van der Waals surface area contributed by atoms with Gasteiger partial charge in [0.25, 0.3) is 0 Å². The van der Waals surface area contributed by atoms with Crippen LogP contribution in [0.2, 0.25) is 0 Å². The van der Waals surface area contributed by atoms with E-state index < -0.39 is 35.9 Å². The maximum Gasteiger partial charge on any atom is 0.413 e. The number of hydrogen-bond donors (Lipinski definition) is 2. The number of amides is 1. The average Bonchev–Trinajstić information content (AvgIpc) is 2.76. The van der Waals surface area contributed by atoms with E-state index in [0.29, 0.717) is 18.5 Å². The van der Waals surface area contributed by atoms with E-state index in [-0.39, 0.29) is 24.1 Å². The predicted octanol–water partition coefficient (Wildman–Crippen LogP) is 2.65. The Bertz CT molecular complexity index is 662. The summed E-state index contributed by atoms with van der Waals surface area (Å²) in [5, 5.41) is 15.1. The quantitative estimate of drug-likeness (QED) is 0.864. The molecule has 0 aromatic carbocycles. The molecule has 0 aliphatic heterocycles. The number of rotatable bonds is 4. The highest BCUT2D eigenvalue weighted by Crippen LogP contribution is 2.37. The van der Waals surface area contributed by atoms with Crippen LogP contribution in [0.3, 0.4) is 0 Å². The third-order valence-corrected chi connectivity index (χ3v) is 4.91. The van der Waals surface area contributed by atoms with E-state index in [1.807, 2.05) is 0 Å². The Morgan fingerprint density at radius 1 is 1.20 bits per heavy atom. The number of hydrogen-bond acceptors (Lipinski definition) is 3. The zero-order valence-electron chi connectivity index (χ0n) is 14.4. The van der Waals surface area contributed by atoms with Crippen molar-refractivity contribution in [1.29, 1.82) is 0 Å². The number of aryl methyl sites for hydroxylation is 2. The highest BCUT2D eigenvalue weighted by Gasteiger charge is 2.45. The molecule has 1 amide bonds. The SMILES string of the molecule is Cc1nn(C)c(C)c1C(NC(=O)C1CCC(C(=O)O)CC1)C(F)(F)F. The minimum atomic E-state index is -4.65. The van der Waals surface area contributed by atoms with Gasteiger partial charge in [0.1, 0.15) is 0 Å². The highest BCUT2D eigenvalue weighted by atomic mass is 19.4. The Hall–Kier alpha value is -2.06. The summed E-state index contributed by atoms with van der Waals surface area (Å²) >= 11 is 0.